The van der Waals surface area contributed by atoms with Crippen LogP contribution in [-0.4, -0.2) is 27.8 Å². The van der Waals surface area contributed by atoms with Gasteiger partial charge in [-0.2, -0.15) is 5.10 Å². The van der Waals surface area contributed by atoms with Crippen LogP contribution in [-0.2, 0) is 0 Å². The van der Waals surface area contributed by atoms with E-state index in [1.54, 1.807) is 30.3 Å². The molecule has 0 aliphatic rings. The number of pyridine rings is 1. The number of halogens is 1. The normalized spacial score (nSPS) is 11.6. The second kappa shape index (κ2) is 10.1. The first-order chi connectivity index (χ1) is 16.3. The molecule has 0 radical (unpaired) electrons. The second-order valence-corrected chi connectivity index (χ2v) is 9.01. The van der Waals surface area contributed by atoms with Crippen molar-refractivity contribution >= 4 is 38.5 Å². The number of phenolic OH excluding ortho intramolecular Hbond substituents is 1. The Kier molecular flexibility index (Phi) is 6.93. The summed E-state index contributed by atoms with van der Waals surface area (Å²) in [7, 11) is 0. The summed E-state index contributed by atoms with van der Waals surface area (Å²) in [6.07, 6.45) is 0.0987. The number of phenols is 1. The van der Waals surface area contributed by atoms with Crippen LogP contribution < -0.4 is 10.2 Å². The molecule has 7 heteroatoms. The minimum Gasteiger partial charge on any atom is -0.508 e. The molecule has 172 valence electrons. The third kappa shape index (κ3) is 5.43. The predicted molar refractivity (Wildman–Crippen MR) is 138 cm³/mol. The molecule has 0 spiro atoms. The number of carbonyl (C=O) groups is 1. The molecule has 0 aliphatic carbocycles. The number of ether oxygens (including phenoxy) is 1. The first kappa shape index (κ1) is 23.4. The third-order valence-electron chi connectivity index (χ3n) is 5.15. The van der Waals surface area contributed by atoms with Gasteiger partial charge < -0.3 is 9.84 Å². The number of aromatic hydroxyl groups is 1. The average molecular weight is 518 g/mol. The smallest absolute Gasteiger partial charge is 0.272 e. The standard InChI is InChI=1S/C27H24BrN3O3/c1-16(2)34-22-11-6-18(7-12-22)17(3)30-31-27(33)24-15-26(19-4-9-21(32)10-5-19)29-25-13-8-20(28)14-23(24)25/h4-16,32H,1-3H3,(H,31,33)/b30-17+. The Morgan fingerprint density at radius 2 is 1.74 bits per heavy atom. The molecule has 2 N–H and O–H groups in total. The van der Waals surface area contributed by atoms with Crippen LogP contribution in [0.15, 0.2) is 82.4 Å². The van der Waals surface area contributed by atoms with Crippen LogP contribution in [0.5, 0.6) is 11.5 Å². The van der Waals surface area contributed by atoms with Gasteiger partial charge in [0.05, 0.1) is 28.6 Å². The Morgan fingerprint density at radius 1 is 1.03 bits per heavy atom. The van der Waals surface area contributed by atoms with Crippen LogP contribution in [0.4, 0.5) is 0 Å². The number of nitrogens with one attached hydrogen (secondary N) is 1. The molecular weight excluding hydrogens is 494 g/mol. The lowest BCUT2D eigenvalue weighted by molar-refractivity contribution is 0.0956. The van der Waals surface area contributed by atoms with E-state index in [1.807, 2.05) is 63.2 Å². The van der Waals surface area contributed by atoms with Crippen molar-refractivity contribution in [2.75, 3.05) is 0 Å². The number of aromatic nitrogens is 1. The van der Waals surface area contributed by atoms with Crippen molar-refractivity contribution in [3.63, 3.8) is 0 Å². The van der Waals surface area contributed by atoms with E-state index in [0.717, 1.165) is 21.3 Å². The molecule has 0 unspecified atom stereocenters. The quantitative estimate of drug-likeness (QED) is 0.232. The predicted octanol–water partition coefficient (Wildman–Crippen LogP) is 6.31. The van der Waals surface area contributed by atoms with Crippen molar-refractivity contribution in [1.82, 2.24) is 10.4 Å². The van der Waals surface area contributed by atoms with Gasteiger partial charge in [0.15, 0.2) is 0 Å². The van der Waals surface area contributed by atoms with Gasteiger partial charge in [0.25, 0.3) is 5.91 Å². The summed E-state index contributed by atoms with van der Waals surface area (Å²) in [6.45, 7) is 5.79. The summed E-state index contributed by atoms with van der Waals surface area (Å²) in [5.41, 5.74) is 6.78. The van der Waals surface area contributed by atoms with Gasteiger partial charge in [0.2, 0.25) is 0 Å². The van der Waals surface area contributed by atoms with E-state index in [4.69, 9.17) is 9.72 Å². The zero-order valence-electron chi connectivity index (χ0n) is 19.0. The Balaban J connectivity index is 1.64. The highest BCUT2D eigenvalue weighted by molar-refractivity contribution is 9.10. The molecule has 0 fully saturated rings. The van der Waals surface area contributed by atoms with Crippen LogP contribution in [0.25, 0.3) is 22.2 Å². The average Bonchev–Trinajstić information content (AvgIpc) is 2.82. The Morgan fingerprint density at radius 3 is 2.41 bits per heavy atom. The maximum absolute atomic E-state index is 13.2. The number of rotatable bonds is 6. The molecule has 4 aromatic rings. The van der Waals surface area contributed by atoms with Gasteiger partial charge in [-0.1, -0.05) is 15.9 Å². The summed E-state index contributed by atoms with van der Waals surface area (Å²) in [5, 5.41) is 14.6. The van der Waals surface area contributed by atoms with Gasteiger partial charge in [-0.25, -0.2) is 10.4 Å². The van der Waals surface area contributed by atoms with E-state index in [9.17, 15) is 9.90 Å². The van der Waals surface area contributed by atoms with E-state index in [-0.39, 0.29) is 17.8 Å². The Bertz CT molecular complexity index is 1360. The number of hydrogen-bond donors (Lipinski definition) is 2. The molecule has 0 bridgehead atoms. The molecular formula is C27H24BrN3O3. The van der Waals surface area contributed by atoms with Crippen LogP contribution in [0.2, 0.25) is 0 Å². The minimum atomic E-state index is -0.343. The van der Waals surface area contributed by atoms with Crippen molar-refractivity contribution in [2.45, 2.75) is 26.9 Å². The van der Waals surface area contributed by atoms with Gasteiger partial charge in [-0.05, 0) is 99.1 Å². The maximum Gasteiger partial charge on any atom is 0.272 e. The van der Waals surface area contributed by atoms with E-state index in [2.05, 4.69) is 26.5 Å². The van der Waals surface area contributed by atoms with Crippen molar-refractivity contribution in [1.29, 1.82) is 0 Å². The number of amides is 1. The second-order valence-electron chi connectivity index (χ2n) is 8.09. The van der Waals surface area contributed by atoms with Gasteiger partial charge in [0, 0.05) is 15.4 Å². The fraction of sp³-hybridized carbons (Fsp3) is 0.148. The Labute approximate surface area is 206 Å². The molecule has 0 aliphatic heterocycles. The third-order valence-corrected chi connectivity index (χ3v) is 5.64. The van der Waals surface area contributed by atoms with Crippen LogP contribution in [0, 0.1) is 0 Å². The molecule has 4 rings (SSSR count). The Hall–Kier alpha value is -3.71. The highest BCUT2D eigenvalue weighted by atomic mass is 79.9. The minimum absolute atomic E-state index is 0.0987. The molecule has 0 saturated carbocycles. The van der Waals surface area contributed by atoms with Crippen LogP contribution >= 0.6 is 15.9 Å². The molecule has 1 amide bonds. The summed E-state index contributed by atoms with van der Waals surface area (Å²) < 4.78 is 6.52. The monoisotopic (exact) mass is 517 g/mol. The molecule has 1 aromatic heterocycles. The van der Waals surface area contributed by atoms with Crippen LogP contribution in [0.3, 0.4) is 0 Å². The molecule has 0 atom stereocenters. The van der Waals surface area contributed by atoms with Gasteiger partial charge in [0.1, 0.15) is 11.5 Å². The van der Waals surface area contributed by atoms with E-state index < -0.39 is 0 Å². The number of fused-ring (bicyclic) bond motifs is 1. The topological polar surface area (TPSA) is 83.8 Å². The highest BCUT2D eigenvalue weighted by Gasteiger charge is 2.15. The summed E-state index contributed by atoms with van der Waals surface area (Å²) in [5.74, 6) is 0.607. The highest BCUT2D eigenvalue weighted by Crippen LogP contribution is 2.28. The number of nitrogens with zero attached hydrogens (tertiary/aromatic N) is 2. The van der Waals surface area contributed by atoms with Crippen molar-refractivity contribution in [2.24, 2.45) is 5.10 Å². The lowest BCUT2D eigenvalue weighted by atomic mass is 10.0. The molecule has 6 nitrogen and oxygen atoms in total. The number of benzene rings is 3. The number of carbonyl (C=O) groups excluding carboxylic acids is 1. The molecule has 34 heavy (non-hydrogen) atoms. The first-order valence-electron chi connectivity index (χ1n) is 10.8. The summed E-state index contributed by atoms with van der Waals surface area (Å²) in [6, 6.07) is 21.6. The molecule has 3 aromatic carbocycles. The lowest BCUT2D eigenvalue weighted by Gasteiger charge is -2.11. The molecule has 1 heterocycles. The summed E-state index contributed by atoms with van der Waals surface area (Å²) >= 11 is 3.48. The van der Waals surface area contributed by atoms with Gasteiger partial charge in [-0.3, -0.25) is 4.79 Å². The van der Waals surface area contributed by atoms with E-state index >= 15 is 0 Å². The fourth-order valence-electron chi connectivity index (χ4n) is 3.47. The van der Waals surface area contributed by atoms with E-state index in [1.165, 1.54) is 0 Å². The van der Waals surface area contributed by atoms with Gasteiger partial charge in [-0.15, -0.1) is 0 Å². The zero-order chi connectivity index (χ0) is 24.2. The fourth-order valence-corrected chi connectivity index (χ4v) is 3.83. The van der Waals surface area contributed by atoms with Crippen molar-refractivity contribution in [3.8, 4) is 22.8 Å². The zero-order valence-corrected chi connectivity index (χ0v) is 20.6. The van der Waals surface area contributed by atoms with Crippen molar-refractivity contribution < 1.29 is 14.6 Å². The van der Waals surface area contributed by atoms with Crippen molar-refractivity contribution in [3.05, 3.63) is 88.4 Å². The largest absolute Gasteiger partial charge is 0.508 e. The van der Waals surface area contributed by atoms with Gasteiger partial charge >= 0.3 is 0 Å². The number of hydrazone groups is 1. The molecule has 0 saturated heterocycles. The van der Waals surface area contributed by atoms with Crippen LogP contribution in [0.1, 0.15) is 36.7 Å². The maximum atomic E-state index is 13.2. The summed E-state index contributed by atoms with van der Waals surface area (Å²) in [4.78, 5) is 17.9. The van der Waals surface area contributed by atoms with E-state index in [0.29, 0.717) is 27.9 Å². The lowest BCUT2D eigenvalue weighted by Crippen LogP contribution is -2.20. The first-order valence-corrected chi connectivity index (χ1v) is 11.6. The number of hydrogen-bond acceptors (Lipinski definition) is 5. The SMILES string of the molecule is C/C(=N\NC(=O)c1cc(-c2ccc(O)cc2)nc2ccc(Br)cc12)c1ccc(OC(C)C)cc1.